The van der Waals surface area contributed by atoms with Gasteiger partial charge in [0.05, 0.1) is 13.7 Å². The summed E-state index contributed by atoms with van der Waals surface area (Å²) in [7, 11) is 1.65. The van der Waals surface area contributed by atoms with Gasteiger partial charge in [-0.15, -0.1) is 0 Å². The van der Waals surface area contributed by atoms with E-state index in [-0.39, 0.29) is 5.91 Å². The largest absolute Gasteiger partial charge is 0.497 e. The summed E-state index contributed by atoms with van der Waals surface area (Å²) in [6, 6.07) is 17.9. The highest BCUT2D eigenvalue weighted by atomic mass is 32.2. The molecule has 0 N–H and O–H groups in total. The predicted molar refractivity (Wildman–Crippen MR) is 99.9 cm³/mol. The SMILES string of the molecule is CCCC(=O)N(/C=C/Sc1ccccc1)Cc1ccc(OC)cc1. The molecular formula is C20H23NO2S. The summed E-state index contributed by atoms with van der Waals surface area (Å²) in [4.78, 5) is 15.3. The van der Waals surface area contributed by atoms with E-state index in [1.165, 1.54) is 0 Å². The van der Waals surface area contributed by atoms with Gasteiger partial charge in [-0.05, 0) is 41.7 Å². The van der Waals surface area contributed by atoms with Crippen LogP contribution in [0.15, 0.2) is 71.1 Å². The lowest BCUT2D eigenvalue weighted by Gasteiger charge is -2.18. The fraction of sp³-hybridized carbons (Fsp3) is 0.250. The second-order valence-electron chi connectivity index (χ2n) is 5.34. The van der Waals surface area contributed by atoms with Crippen molar-refractivity contribution in [1.29, 1.82) is 0 Å². The molecule has 0 radical (unpaired) electrons. The van der Waals surface area contributed by atoms with E-state index in [4.69, 9.17) is 4.74 Å². The molecule has 1 amide bonds. The number of benzene rings is 2. The van der Waals surface area contributed by atoms with Gasteiger partial charge >= 0.3 is 0 Å². The van der Waals surface area contributed by atoms with Crippen molar-refractivity contribution >= 4 is 17.7 Å². The lowest BCUT2D eigenvalue weighted by molar-refractivity contribution is -0.129. The maximum absolute atomic E-state index is 12.4. The van der Waals surface area contributed by atoms with Gasteiger partial charge in [-0.2, -0.15) is 0 Å². The van der Waals surface area contributed by atoms with Crippen LogP contribution in [0.5, 0.6) is 5.75 Å². The van der Waals surface area contributed by atoms with Crippen molar-refractivity contribution in [2.24, 2.45) is 0 Å². The van der Waals surface area contributed by atoms with Crippen LogP contribution in [-0.4, -0.2) is 17.9 Å². The van der Waals surface area contributed by atoms with E-state index in [1.807, 2.05) is 61.0 Å². The zero-order valence-electron chi connectivity index (χ0n) is 14.1. The molecule has 0 saturated carbocycles. The Morgan fingerprint density at radius 1 is 1.12 bits per heavy atom. The average Bonchev–Trinajstić information content (AvgIpc) is 2.62. The highest BCUT2D eigenvalue weighted by Crippen LogP contribution is 2.19. The molecule has 0 heterocycles. The Morgan fingerprint density at radius 2 is 1.83 bits per heavy atom. The van der Waals surface area contributed by atoms with E-state index < -0.39 is 0 Å². The molecule has 2 aromatic carbocycles. The Labute approximate surface area is 148 Å². The molecule has 0 aliphatic rings. The summed E-state index contributed by atoms with van der Waals surface area (Å²) in [6.07, 6.45) is 3.27. The standard InChI is InChI=1S/C20H23NO2S/c1-3-7-20(22)21(14-15-24-19-8-5-4-6-9-19)16-17-10-12-18(23-2)13-11-17/h4-6,8-15H,3,7,16H2,1-2H3/b15-14+. The third-order valence-electron chi connectivity index (χ3n) is 3.48. The number of hydrogen-bond donors (Lipinski definition) is 0. The van der Waals surface area contributed by atoms with Gasteiger partial charge in [-0.1, -0.05) is 49.0 Å². The third kappa shape index (κ3) is 5.78. The minimum atomic E-state index is 0.137. The first-order chi connectivity index (χ1) is 11.7. The van der Waals surface area contributed by atoms with Crippen molar-refractivity contribution in [3.8, 4) is 5.75 Å². The minimum Gasteiger partial charge on any atom is -0.497 e. The van der Waals surface area contributed by atoms with E-state index in [1.54, 1.807) is 23.8 Å². The summed E-state index contributed by atoms with van der Waals surface area (Å²) < 4.78 is 5.18. The van der Waals surface area contributed by atoms with Gasteiger partial charge in [0, 0.05) is 17.5 Å². The Bertz CT molecular complexity index is 653. The summed E-state index contributed by atoms with van der Waals surface area (Å²) in [5.41, 5.74) is 1.08. The topological polar surface area (TPSA) is 29.5 Å². The maximum Gasteiger partial charge on any atom is 0.226 e. The van der Waals surface area contributed by atoms with Gasteiger partial charge in [0.2, 0.25) is 5.91 Å². The second-order valence-corrected chi connectivity index (χ2v) is 6.32. The number of nitrogens with zero attached hydrogens (tertiary/aromatic N) is 1. The van der Waals surface area contributed by atoms with Crippen molar-refractivity contribution in [1.82, 2.24) is 4.90 Å². The Hall–Kier alpha value is -2.20. The number of thioether (sulfide) groups is 1. The number of rotatable bonds is 8. The zero-order chi connectivity index (χ0) is 17.2. The van der Waals surface area contributed by atoms with Gasteiger partial charge in [-0.25, -0.2) is 0 Å². The van der Waals surface area contributed by atoms with E-state index >= 15 is 0 Å². The van der Waals surface area contributed by atoms with Crippen LogP contribution in [0, 0.1) is 0 Å². The first-order valence-electron chi connectivity index (χ1n) is 8.03. The molecule has 4 heteroatoms. The lowest BCUT2D eigenvalue weighted by Crippen LogP contribution is -2.24. The third-order valence-corrected chi connectivity index (χ3v) is 4.29. The van der Waals surface area contributed by atoms with Crippen LogP contribution < -0.4 is 4.74 Å². The number of ether oxygens (including phenoxy) is 1. The van der Waals surface area contributed by atoms with Crippen molar-refractivity contribution < 1.29 is 9.53 Å². The van der Waals surface area contributed by atoms with Crippen molar-refractivity contribution in [3.05, 3.63) is 71.8 Å². The second kappa shape index (κ2) is 9.83. The molecule has 0 unspecified atom stereocenters. The van der Waals surface area contributed by atoms with Gasteiger partial charge < -0.3 is 9.64 Å². The van der Waals surface area contributed by atoms with E-state index in [0.717, 1.165) is 22.6 Å². The fourth-order valence-electron chi connectivity index (χ4n) is 2.19. The average molecular weight is 341 g/mol. The first kappa shape index (κ1) is 18.1. The quantitative estimate of drug-likeness (QED) is 0.627. The van der Waals surface area contributed by atoms with Crippen LogP contribution in [0.4, 0.5) is 0 Å². The van der Waals surface area contributed by atoms with Crippen molar-refractivity contribution in [2.75, 3.05) is 7.11 Å². The summed E-state index contributed by atoms with van der Waals surface area (Å²) in [5.74, 6) is 0.957. The van der Waals surface area contributed by atoms with Crippen LogP contribution in [0.2, 0.25) is 0 Å². The molecule has 126 valence electrons. The molecule has 0 fully saturated rings. The summed E-state index contributed by atoms with van der Waals surface area (Å²) in [6.45, 7) is 2.58. The molecule has 0 atom stereocenters. The summed E-state index contributed by atoms with van der Waals surface area (Å²) >= 11 is 1.61. The number of hydrogen-bond acceptors (Lipinski definition) is 3. The normalized spacial score (nSPS) is 10.8. The monoisotopic (exact) mass is 341 g/mol. The van der Waals surface area contributed by atoms with Gasteiger partial charge in [0.15, 0.2) is 0 Å². The fourth-order valence-corrected chi connectivity index (χ4v) is 2.87. The van der Waals surface area contributed by atoms with Gasteiger partial charge in [-0.3, -0.25) is 4.79 Å². The molecule has 2 rings (SSSR count). The van der Waals surface area contributed by atoms with Crippen molar-refractivity contribution in [2.45, 2.75) is 31.2 Å². The molecule has 0 aliphatic carbocycles. The van der Waals surface area contributed by atoms with E-state index in [2.05, 4.69) is 12.1 Å². The highest BCUT2D eigenvalue weighted by molar-refractivity contribution is 8.02. The molecule has 24 heavy (non-hydrogen) atoms. The number of carbonyl (C=O) groups is 1. The van der Waals surface area contributed by atoms with Crippen LogP contribution in [0.3, 0.4) is 0 Å². The molecule has 2 aromatic rings. The molecule has 0 bridgehead atoms. The Balaban J connectivity index is 2.04. The number of carbonyl (C=O) groups excluding carboxylic acids is 1. The van der Waals surface area contributed by atoms with E-state index in [9.17, 15) is 4.79 Å². The highest BCUT2D eigenvalue weighted by Gasteiger charge is 2.10. The number of amides is 1. The van der Waals surface area contributed by atoms with Crippen molar-refractivity contribution in [3.63, 3.8) is 0 Å². The first-order valence-corrected chi connectivity index (χ1v) is 8.91. The van der Waals surface area contributed by atoms with Crippen LogP contribution in [0.25, 0.3) is 0 Å². The molecule has 0 saturated heterocycles. The minimum absolute atomic E-state index is 0.137. The van der Waals surface area contributed by atoms with Crippen LogP contribution in [0.1, 0.15) is 25.3 Å². The van der Waals surface area contributed by atoms with Crippen LogP contribution >= 0.6 is 11.8 Å². The predicted octanol–water partition coefficient (Wildman–Crippen LogP) is 5.09. The lowest BCUT2D eigenvalue weighted by atomic mass is 10.2. The van der Waals surface area contributed by atoms with Crippen LogP contribution in [-0.2, 0) is 11.3 Å². The molecule has 0 spiro atoms. The summed E-state index contributed by atoms with van der Waals surface area (Å²) in [5, 5.41) is 1.96. The Kier molecular flexibility index (Phi) is 7.43. The number of methoxy groups -OCH3 is 1. The molecule has 3 nitrogen and oxygen atoms in total. The van der Waals surface area contributed by atoms with Gasteiger partial charge in [0.1, 0.15) is 5.75 Å². The Morgan fingerprint density at radius 3 is 2.46 bits per heavy atom. The van der Waals surface area contributed by atoms with Gasteiger partial charge in [0.25, 0.3) is 0 Å². The maximum atomic E-state index is 12.4. The smallest absolute Gasteiger partial charge is 0.226 e. The zero-order valence-corrected chi connectivity index (χ0v) is 15.0. The van der Waals surface area contributed by atoms with E-state index in [0.29, 0.717) is 13.0 Å². The molecular weight excluding hydrogens is 318 g/mol. The molecule has 0 aromatic heterocycles. The molecule has 0 aliphatic heterocycles.